The molecule has 3 rings (SSSR count). The second-order valence-corrected chi connectivity index (χ2v) is 7.36. The Kier molecular flexibility index (Phi) is 7.08. The number of carbonyl (C=O) groups is 2. The standard InChI is InChI=1S/C22H23N3O3S/c1-16(26)23-12-11-17-3-5-18(6-4-17)21(27)15-29-22-24-13-14-25(22)19-7-9-20(28-2)10-8-19/h3-10,13-14H,11-12,15H2,1-2H3,(H,23,26). The number of hydrogen-bond acceptors (Lipinski definition) is 5. The zero-order valence-corrected chi connectivity index (χ0v) is 17.2. The minimum atomic E-state index is -0.0400. The Morgan fingerprint density at radius 3 is 2.48 bits per heavy atom. The second-order valence-electron chi connectivity index (χ2n) is 6.42. The van der Waals surface area contributed by atoms with Crippen molar-refractivity contribution < 1.29 is 14.3 Å². The molecule has 150 valence electrons. The molecule has 2 aromatic carbocycles. The van der Waals surface area contributed by atoms with E-state index in [1.54, 1.807) is 13.3 Å². The Hall–Kier alpha value is -3.06. The van der Waals surface area contributed by atoms with Gasteiger partial charge in [0.1, 0.15) is 5.75 Å². The van der Waals surface area contributed by atoms with Crippen molar-refractivity contribution in [1.82, 2.24) is 14.9 Å². The molecule has 0 aliphatic carbocycles. The first-order valence-corrected chi connectivity index (χ1v) is 10.2. The van der Waals surface area contributed by atoms with E-state index in [0.717, 1.165) is 28.6 Å². The summed E-state index contributed by atoms with van der Waals surface area (Å²) in [5, 5.41) is 3.53. The monoisotopic (exact) mass is 409 g/mol. The lowest BCUT2D eigenvalue weighted by Gasteiger charge is -2.08. The number of rotatable bonds is 9. The number of amides is 1. The van der Waals surface area contributed by atoms with E-state index < -0.39 is 0 Å². The lowest BCUT2D eigenvalue weighted by Crippen LogP contribution is -2.22. The maximum absolute atomic E-state index is 12.6. The second kappa shape index (κ2) is 9.93. The van der Waals surface area contributed by atoms with E-state index in [4.69, 9.17) is 4.74 Å². The topological polar surface area (TPSA) is 73.2 Å². The molecule has 0 saturated carbocycles. The zero-order valence-electron chi connectivity index (χ0n) is 16.4. The number of ketones is 1. The molecule has 0 bridgehead atoms. The van der Waals surface area contributed by atoms with Crippen LogP contribution in [0.2, 0.25) is 0 Å². The van der Waals surface area contributed by atoms with Crippen molar-refractivity contribution in [2.75, 3.05) is 19.4 Å². The predicted molar refractivity (Wildman–Crippen MR) is 114 cm³/mol. The number of hydrogen-bond donors (Lipinski definition) is 1. The number of aromatic nitrogens is 2. The molecular formula is C22H23N3O3S. The first-order chi connectivity index (χ1) is 14.1. The molecule has 0 aliphatic heterocycles. The van der Waals surface area contributed by atoms with E-state index in [1.807, 2.05) is 59.3 Å². The van der Waals surface area contributed by atoms with Crippen LogP contribution in [-0.4, -0.2) is 40.6 Å². The smallest absolute Gasteiger partial charge is 0.216 e. The molecule has 7 heteroatoms. The molecule has 1 amide bonds. The molecule has 0 aliphatic rings. The van der Waals surface area contributed by atoms with Gasteiger partial charge in [-0.05, 0) is 36.2 Å². The number of methoxy groups -OCH3 is 1. The van der Waals surface area contributed by atoms with Crippen LogP contribution in [0.3, 0.4) is 0 Å². The first kappa shape index (κ1) is 20.7. The van der Waals surface area contributed by atoms with Crippen molar-refractivity contribution in [2.45, 2.75) is 18.5 Å². The lowest BCUT2D eigenvalue weighted by atomic mass is 10.1. The van der Waals surface area contributed by atoms with E-state index >= 15 is 0 Å². The highest BCUT2D eigenvalue weighted by Gasteiger charge is 2.11. The van der Waals surface area contributed by atoms with Crippen molar-refractivity contribution in [1.29, 1.82) is 0 Å². The maximum Gasteiger partial charge on any atom is 0.216 e. The Morgan fingerprint density at radius 2 is 1.83 bits per heavy atom. The first-order valence-electron chi connectivity index (χ1n) is 9.24. The van der Waals surface area contributed by atoms with Gasteiger partial charge < -0.3 is 10.1 Å². The molecule has 1 N–H and O–H groups in total. The number of thioether (sulfide) groups is 1. The van der Waals surface area contributed by atoms with E-state index in [9.17, 15) is 9.59 Å². The van der Waals surface area contributed by atoms with Gasteiger partial charge in [-0.2, -0.15) is 0 Å². The quantitative estimate of drug-likeness (QED) is 0.432. The van der Waals surface area contributed by atoms with Crippen molar-refractivity contribution in [2.24, 2.45) is 0 Å². The highest BCUT2D eigenvalue weighted by atomic mass is 32.2. The van der Waals surface area contributed by atoms with Gasteiger partial charge in [0.15, 0.2) is 10.9 Å². The summed E-state index contributed by atoms with van der Waals surface area (Å²) in [6.45, 7) is 2.09. The normalized spacial score (nSPS) is 10.6. The summed E-state index contributed by atoms with van der Waals surface area (Å²) in [5.74, 6) is 1.10. The number of nitrogens with one attached hydrogen (secondary N) is 1. The zero-order chi connectivity index (χ0) is 20.6. The molecule has 3 aromatic rings. The van der Waals surface area contributed by atoms with E-state index in [1.165, 1.54) is 18.7 Å². The van der Waals surface area contributed by atoms with Crippen LogP contribution in [-0.2, 0) is 11.2 Å². The SMILES string of the molecule is COc1ccc(-n2ccnc2SCC(=O)c2ccc(CCNC(C)=O)cc2)cc1. The number of nitrogens with zero attached hydrogens (tertiary/aromatic N) is 2. The van der Waals surface area contributed by atoms with Gasteiger partial charge in [-0.1, -0.05) is 36.0 Å². The van der Waals surface area contributed by atoms with Gasteiger partial charge in [-0.25, -0.2) is 4.98 Å². The van der Waals surface area contributed by atoms with Crippen LogP contribution in [0.15, 0.2) is 66.1 Å². The highest BCUT2D eigenvalue weighted by Crippen LogP contribution is 2.23. The van der Waals surface area contributed by atoms with Crippen molar-refractivity contribution in [3.8, 4) is 11.4 Å². The lowest BCUT2D eigenvalue weighted by molar-refractivity contribution is -0.118. The molecule has 0 radical (unpaired) electrons. The van der Waals surface area contributed by atoms with Crippen molar-refractivity contribution in [3.63, 3.8) is 0 Å². The Labute approximate surface area is 174 Å². The minimum Gasteiger partial charge on any atom is -0.497 e. The Morgan fingerprint density at radius 1 is 1.10 bits per heavy atom. The number of carbonyl (C=O) groups excluding carboxylic acids is 2. The highest BCUT2D eigenvalue weighted by molar-refractivity contribution is 7.99. The van der Waals surface area contributed by atoms with Crippen LogP contribution >= 0.6 is 11.8 Å². The van der Waals surface area contributed by atoms with Crippen LogP contribution in [0.5, 0.6) is 5.75 Å². The van der Waals surface area contributed by atoms with Gasteiger partial charge in [0, 0.05) is 37.1 Å². The van der Waals surface area contributed by atoms with Gasteiger partial charge in [0.2, 0.25) is 5.91 Å². The summed E-state index contributed by atoms with van der Waals surface area (Å²) < 4.78 is 7.14. The molecule has 29 heavy (non-hydrogen) atoms. The van der Waals surface area contributed by atoms with Crippen LogP contribution in [0, 0.1) is 0 Å². The van der Waals surface area contributed by atoms with E-state index in [-0.39, 0.29) is 11.7 Å². The van der Waals surface area contributed by atoms with Gasteiger partial charge >= 0.3 is 0 Å². The largest absolute Gasteiger partial charge is 0.497 e. The molecule has 1 heterocycles. The molecule has 6 nitrogen and oxygen atoms in total. The third-order valence-corrected chi connectivity index (χ3v) is 5.32. The molecule has 0 fully saturated rings. The minimum absolute atomic E-state index is 0.0400. The van der Waals surface area contributed by atoms with Gasteiger partial charge in [0.05, 0.1) is 12.9 Å². The third kappa shape index (κ3) is 5.71. The molecule has 0 atom stereocenters. The van der Waals surface area contributed by atoms with E-state index in [0.29, 0.717) is 17.9 Å². The van der Waals surface area contributed by atoms with Crippen LogP contribution in [0.25, 0.3) is 5.69 Å². The summed E-state index contributed by atoms with van der Waals surface area (Å²) in [4.78, 5) is 27.8. The van der Waals surface area contributed by atoms with E-state index in [2.05, 4.69) is 10.3 Å². The fourth-order valence-corrected chi connectivity index (χ4v) is 3.66. The Bertz CT molecular complexity index is 966. The van der Waals surface area contributed by atoms with Gasteiger partial charge in [-0.15, -0.1) is 0 Å². The van der Waals surface area contributed by atoms with Crippen LogP contribution in [0.4, 0.5) is 0 Å². The fraction of sp³-hybridized carbons (Fsp3) is 0.227. The third-order valence-electron chi connectivity index (χ3n) is 4.35. The fourth-order valence-electron chi connectivity index (χ4n) is 2.79. The van der Waals surface area contributed by atoms with Crippen molar-refractivity contribution >= 4 is 23.5 Å². The van der Waals surface area contributed by atoms with Gasteiger partial charge in [0.25, 0.3) is 0 Å². The summed E-state index contributed by atoms with van der Waals surface area (Å²) in [6.07, 6.45) is 4.33. The Balaban J connectivity index is 1.58. The maximum atomic E-state index is 12.6. The molecule has 0 saturated heterocycles. The number of ether oxygens (including phenoxy) is 1. The van der Waals surface area contributed by atoms with Crippen LogP contribution in [0.1, 0.15) is 22.8 Å². The van der Waals surface area contributed by atoms with Gasteiger partial charge in [-0.3, -0.25) is 14.2 Å². The average Bonchev–Trinajstić information content (AvgIpc) is 3.21. The summed E-state index contributed by atoms with van der Waals surface area (Å²) in [7, 11) is 1.63. The predicted octanol–water partition coefficient (Wildman–Crippen LogP) is 3.53. The number of Topliss-reactive ketones (excluding diaryl/α,β-unsaturated/α-hetero) is 1. The summed E-state index contributed by atoms with van der Waals surface area (Å²) in [6, 6.07) is 15.2. The number of benzene rings is 2. The summed E-state index contributed by atoms with van der Waals surface area (Å²) >= 11 is 1.41. The summed E-state index contributed by atoms with van der Waals surface area (Å²) in [5.41, 5.74) is 2.71. The molecule has 0 unspecified atom stereocenters. The molecule has 0 spiro atoms. The molecular weight excluding hydrogens is 386 g/mol. The van der Waals surface area contributed by atoms with Crippen molar-refractivity contribution in [3.05, 3.63) is 72.1 Å². The molecule has 1 aromatic heterocycles. The number of imidazole rings is 1. The van der Waals surface area contributed by atoms with Crippen LogP contribution < -0.4 is 10.1 Å². The average molecular weight is 410 g/mol.